The molecule has 0 saturated heterocycles. The number of imidazole rings is 1. The fraction of sp³-hybridized carbons (Fsp3) is 0.541. The van der Waals surface area contributed by atoms with E-state index in [2.05, 4.69) is 20.6 Å². The van der Waals surface area contributed by atoms with Crippen LogP contribution in [-0.2, 0) is 24.1 Å². The van der Waals surface area contributed by atoms with Gasteiger partial charge in [-0.2, -0.15) is 0 Å². The molecule has 1 fully saturated rings. The van der Waals surface area contributed by atoms with E-state index in [1.54, 1.807) is 17.3 Å². The molecule has 11 nitrogen and oxygen atoms in total. The van der Waals surface area contributed by atoms with E-state index in [-0.39, 0.29) is 24.3 Å². The number of benzene rings is 1. The van der Waals surface area contributed by atoms with Gasteiger partial charge < -0.3 is 26.4 Å². The van der Waals surface area contributed by atoms with Crippen LogP contribution in [0.5, 0.6) is 0 Å². The molecule has 48 heavy (non-hydrogen) atoms. The van der Waals surface area contributed by atoms with Gasteiger partial charge in [-0.1, -0.05) is 68.5 Å². The molecular weight excluding hydrogens is 606 g/mol. The van der Waals surface area contributed by atoms with E-state index in [0.29, 0.717) is 44.0 Å². The fourth-order valence-electron chi connectivity index (χ4n) is 6.52. The van der Waals surface area contributed by atoms with Gasteiger partial charge in [-0.3, -0.25) is 19.1 Å². The number of rotatable bonds is 17. The van der Waals surface area contributed by atoms with Crippen molar-refractivity contribution in [2.45, 2.75) is 109 Å². The van der Waals surface area contributed by atoms with Crippen molar-refractivity contribution in [2.24, 2.45) is 11.7 Å². The Morgan fingerprint density at radius 2 is 1.69 bits per heavy atom. The number of nitrogens with one attached hydrogen (secondary N) is 2. The van der Waals surface area contributed by atoms with Crippen molar-refractivity contribution in [3.63, 3.8) is 0 Å². The molecule has 4 rings (SSSR count). The second-order valence-corrected chi connectivity index (χ2v) is 12.9. The van der Waals surface area contributed by atoms with Gasteiger partial charge in [0.1, 0.15) is 12.4 Å². The Morgan fingerprint density at radius 1 is 0.958 bits per heavy atom. The lowest BCUT2D eigenvalue weighted by molar-refractivity contribution is -0.124. The lowest BCUT2D eigenvalue weighted by atomic mass is 9.83. The number of aliphatic hydroxyl groups is 1. The summed E-state index contributed by atoms with van der Waals surface area (Å²) in [5, 5.41) is 17.4. The number of hydrogen-bond donors (Lipinski definition) is 4. The third kappa shape index (κ3) is 11.3. The molecule has 11 heteroatoms. The number of amides is 3. The van der Waals surface area contributed by atoms with Gasteiger partial charge in [0, 0.05) is 37.6 Å². The van der Waals surface area contributed by atoms with Crippen LogP contribution >= 0.6 is 0 Å². The average Bonchev–Trinajstić information content (AvgIpc) is 3.57. The number of nitrogens with two attached hydrogens (primary N) is 1. The van der Waals surface area contributed by atoms with E-state index in [4.69, 9.17) is 5.73 Å². The van der Waals surface area contributed by atoms with Crippen molar-refractivity contribution >= 4 is 17.8 Å². The molecule has 0 unspecified atom stereocenters. The summed E-state index contributed by atoms with van der Waals surface area (Å²) in [6, 6.07) is 12.8. The number of carbonyl (C=O) groups is 3. The number of carbonyl (C=O) groups excluding carboxylic acids is 3. The molecule has 3 aromatic rings. The van der Waals surface area contributed by atoms with Crippen LogP contribution in [0.3, 0.4) is 0 Å². The van der Waals surface area contributed by atoms with Crippen LogP contribution in [0.25, 0.3) is 0 Å². The average molecular weight is 660 g/mol. The zero-order valence-corrected chi connectivity index (χ0v) is 28.5. The summed E-state index contributed by atoms with van der Waals surface area (Å²) >= 11 is 0. The van der Waals surface area contributed by atoms with Crippen molar-refractivity contribution < 1.29 is 19.5 Å². The largest absolute Gasteiger partial charge is 0.391 e. The third-order valence-electron chi connectivity index (χ3n) is 9.35. The van der Waals surface area contributed by atoms with Crippen molar-refractivity contribution in [1.29, 1.82) is 0 Å². The predicted octanol–water partition coefficient (Wildman–Crippen LogP) is 4.29. The topological polar surface area (TPSA) is 155 Å². The zero-order chi connectivity index (χ0) is 34.3. The van der Waals surface area contributed by atoms with Crippen molar-refractivity contribution in [3.8, 4) is 0 Å². The first-order valence-electron chi connectivity index (χ1n) is 17.6. The minimum atomic E-state index is -0.968. The maximum absolute atomic E-state index is 14.0. The van der Waals surface area contributed by atoms with Gasteiger partial charge in [0.2, 0.25) is 11.8 Å². The van der Waals surface area contributed by atoms with Crippen LogP contribution in [0.15, 0.2) is 67.3 Å². The first kappa shape index (κ1) is 36.7. The Morgan fingerprint density at radius 3 is 2.38 bits per heavy atom. The molecule has 0 spiro atoms. The number of hydrogen-bond acceptors (Lipinski definition) is 7. The van der Waals surface area contributed by atoms with E-state index < -0.39 is 24.2 Å². The molecule has 5 N–H and O–H groups in total. The fourth-order valence-corrected chi connectivity index (χ4v) is 6.52. The summed E-state index contributed by atoms with van der Waals surface area (Å²) in [6.45, 7) is 4.73. The summed E-state index contributed by atoms with van der Waals surface area (Å²) in [7, 11) is 0. The second kappa shape index (κ2) is 19.0. The van der Waals surface area contributed by atoms with E-state index >= 15 is 0 Å². The minimum Gasteiger partial charge on any atom is -0.391 e. The molecule has 2 heterocycles. The molecule has 260 valence electrons. The van der Waals surface area contributed by atoms with Gasteiger partial charge in [-0.05, 0) is 69.6 Å². The highest BCUT2D eigenvalue weighted by atomic mass is 16.3. The SMILES string of the molecule is CCN(CC)C(=O)N[C@@H](Cc1cn(C(=O)[C@@H](N)Cc2ccccc2)cn1)C(=O)N[C@@H](CC1CCCCC1)[C@@H](O)CCCc1ccccn1. The van der Waals surface area contributed by atoms with E-state index in [1.165, 1.54) is 17.3 Å². The van der Waals surface area contributed by atoms with Crippen LogP contribution in [0.1, 0.15) is 87.0 Å². The maximum Gasteiger partial charge on any atom is 0.318 e. The molecule has 3 amide bonds. The Balaban J connectivity index is 1.47. The molecule has 0 aliphatic heterocycles. The molecule has 4 atom stereocenters. The highest BCUT2D eigenvalue weighted by molar-refractivity contribution is 5.88. The van der Waals surface area contributed by atoms with Crippen LogP contribution in [-0.4, -0.2) is 79.7 Å². The lowest BCUT2D eigenvalue weighted by Gasteiger charge is -2.32. The number of aromatic nitrogens is 3. The molecule has 0 bridgehead atoms. The summed E-state index contributed by atoms with van der Waals surface area (Å²) < 4.78 is 1.35. The summed E-state index contributed by atoms with van der Waals surface area (Å²) in [5.41, 5.74) is 8.64. The quantitative estimate of drug-likeness (QED) is 0.169. The highest BCUT2D eigenvalue weighted by Gasteiger charge is 2.31. The standard InChI is InChI=1S/C37H53N7O4/c1-3-43(4-2)37(48)42-33(24-30-25-44(26-40-30)36(47)31(38)22-27-14-7-5-8-15-27)35(46)41-32(23-28-16-9-6-10-17-28)34(45)20-13-19-29-18-11-12-21-39-29/h5,7-8,11-12,14-15,18,21,25-26,28,31-34,45H,3-4,6,9-10,13,16-17,19-20,22-24,38H2,1-2H3,(H,41,46)(H,42,48)/t31-,32-,33-,34-/m0/s1. The predicted molar refractivity (Wildman–Crippen MR) is 186 cm³/mol. The number of pyridine rings is 1. The van der Waals surface area contributed by atoms with Crippen molar-refractivity contribution in [2.75, 3.05) is 13.1 Å². The maximum atomic E-state index is 14.0. The molecule has 1 aliphatic rings. The number of aryl methyl sites for hydroxylation is 1. The van der Waals surface area contributed by atoms with Gasteiger partial charge >= 0.3 is 6.03 Å². The van der Waals surface area contributed by atoms with Gasteiger partial charge in [-0.25, -0.2) is 9.78 Å². The van der Waals surface area contributed by atoms with Crippen LogP contribution in [0.4, 0.5) is 4.79 Å². The number of nitrogens with zero attached hydrogens (tertiary/aromatic N) is 4. The Labute approximate surface area is 284 Å². The summed E-state index contributed by atoms with van der Waals surface area (Å²) in [4.78, 5) is 50.7. The van der Waals surface area contributed by atoms with Gasteiger partial charge in [0.15, 0.2) is 0 Å². The highest BCUT2D eigenvalue weighted by Crippen LogP contribution is 2.28. The Bertz CT molecular complexity index is 1410. The minimum absolute atomic E-state index is 0.0684. The van der Waals surface area contributed by atoms with Crippen LogP contribution < -0.4 is 16.4 Å². The van der Waals surface area contributed by atoms with Crippen LogP contribution in [0, 0.1) is 5.92 Å². The van der Waals surface area contributed by atoms with Crippen LogP contribution in [0.2, 0.25) is 0 Å². The molecular formula is C37H53N7O4. The van der Waals surface area contributed by atoms with E-state index in [0.717, 1.165) is 49.8 Å². The Kier molecular flexibility index (Phi) is 14.6. The first-order chi connectivity index (χ1) is 23.3. The van der Waals surface area contributed by atoms with Crippen molar-refractivity contribution in [3.05, 3.63) is 84.2 Å². The molecule has 1 aliphatic carbocycles. The summed E-state index contributed by atoms with van der Waals surface area (Å²) in [6.07, 6.45) is 12.8. The zero-order valence-electron chi connectivity index (χ0n) is 28.5. The van der Waals surface area contributed by atoms with Gasteiger partial charge in [0.05, 0.1) is 23.9 Å². The summed E-state index contributed by atoms with van der Waals surface area (Å²) in [5.74, 6) is -0.283. The lowest BCUT2D eigenvalue weighted by Crippen LogP contribution is -2.55. The molecule has 1 saturated carbocycles. The number of urea groups is 1. The molecule has 1 aromatic carbocycles. The van der Waals surface area contributed by atoms with Gasteiger partial charge in [-0.15, -0.1) is 0 Å². The third-order valence-corrected chi connectivity index (χ3v) is 9.35. The number of aliphatic hydroxyl groups excluding tert-OH is 1. The molecule has 0 radical (unpaired) electrons. The van der Waals surface area contributed by atoms with Gasteiger partial charge in [0.25, 0.3) is 0 Å². The first-order valence-corrected chi connectivity index (χ1v) is 17.6. The van der Waals surface area contributed by atoms with Crippen molar-refractivity contribution in [1.82, 2.24) is 30.1 Å². The molecule has 2 aromatic heterocycles. The second-order valence-electron chi connectivity index (χ2n) is 12.9. The smallest absolute Gasteiger partial charge is 0.318 e. The normalized spacial score (nSPS) is 16.0. The monoisotopic (exact) mass is 659 g/mol. The van der Waals surface area contributed by atoms with E-state index in [1.807, 2.05) is 62.4 Å². The Hall–Kier alpha value is -4.09. The van der Waals surface area contributed by atoms with E-state index in [9.17, 15) is 19.5 Å².